The Labute approximate surface area is 191 Å². The molecule has 0 heterocycles. The SMILES string of the molecule is CCOc1cc(C=Nc2ccc(C)c(C)c2)cc(I)c1OS(=O)(=O)c1ccccc1. The number of aryl methyl sites for hydroxylation is 2. The van der Waals surface area contributed by atoms with Crippen LogP contribution in [0.25, 0.3) is 0 Å². The summed E-state index contributed by atoms with van der Waals surface area (Å²) in [6.07, 6.45) is 1.73. The van der Waals surface area contributed by atoms with Crippen molar-refractivity contribution in [1.82, 2.24) is 0 Å². The smallest absolute Gasteiger partial charge is 0.339 e. The van der Waals surface area contributed by atoms with E-state index in [9.17, 15) is 8.42 Å². The van der Waals surface area contributed by atoms with E-state index in [1.807, 2.05) is 60.7 Å². The van der Waals surface area contributed by atoms with Crippen molar-refractivity contribution >= 4 is 44.6 Å². The highest BCUT2D eigenvalue weighted by molar-refractivity contribution is 14.1. The van der Waals surface area contributed by atoms with Gasteiger partial charge in [0.25, 0.3) is 0 Å². The minimum Gasteiger partial charge on any atom is -0.490 e. The van der Waals surface area contributed by atoms with Gasteiger partial charge in [0.15, 0.2) is 11.5 Å². The normalized spacial score (nSPS) is 11.6. The Morgan fingerprint density at radius 1 is 1.00 bits per heavy atom. The predicted octanol–water partition coefficient (Wildman–Crippen LogP) is 5.83. The number of aliphatic imine (C=N–C) groups is 1. The fourth-order valence-corrected chi connectivity index (χ4v) is 4.57. The summed E-state index contributed by atoms with van der Waals surface area (Å²) in [6.45, 7) is 6.30. The van der Waals surface area contributed by atoms with Gasteiger partial charge in [0, 0.05) is 6.21 Å². The zero-order chi connectivity index (χ0) is 21.7. The molecule has 0 aliphatic carbocycles. The van der Waals surface area contributed by atoms with Gasteiger partial charge < -0.3 is 8.92 Å². The first-order valence-corrected chi connectivity index (χ1v) is 11.9. The molecule has 0 N–H and O–H groups in total. The highest BCUT2D eigenvalue weighted by Crippen LogP contribution is 2.36. The molecule has 0 unspecified atom stereocenters. The lowest BCUT2D eigenvalue weighted by molar-refractivity contribution is 0.327. The zero-order valence-electron chi connectivity index (χ0n) is 16.9. The highest BCUT2D eigenvalue weighted by Gasteiger charge is 2.21. The van der Waals surface area contributed by atoms with Crippen molar-refractivity contribution in [3.05, 3.63) is 80.9 Å². The first-order valence-electron chi connectivity index (χ1n) is 9.37. The molecular formula is C23H22INO4S. The molecular weight excluding hydrogens is 513 g/mol. The molecule has 0 amide bonds. The summed E-state index contributed by atoms with van der Waals surface area (Å²) in [5.41, 5.74) is 4.01. The topological polar surface area (TPSA) is 65.0 Å². The molecule has 0 bridgehead atoms. The molecule has 3 rings (SSSR count). The monoisotopic (exact) mass is 535 g/mol. The molecule has 3 aromatic carbocycles. The lowest BCUT2D eigenvalue weighted by Crippen LogP contribution is -2.12. The van der Waals surface area contributed by atoms with E-state index in [1.54, 1.807) is 30.5 Å². The second kappa shape index (κ2) is 9.61. The van der Waals surface area contributed by atoms with Gasteiger partial charge in [-0.2, -0.15) is 8.42 Å². The molecule has 0 saturated carbocycles. The molecule has 7 heteroatoms. The number of rotatable bonds is 7. The Balaban J connectivity index is 1.94. The van der Waals surface area contributed by atoms with E-state index >= 15 is 0 Å². The Bertz CT molecular complexity index is 1180. The van der Waals surface area contributed by atoms with Crippen LogP contribution < -0.4 is 8.92 Å². The number of hydrogen-bond donors (Lipinski definition) is 0. The maximum atomic E-state index is 12.7. The molecule has 0 atom stereocenters. The Kier molecular flexibility index (Phi) is 7.14. The summed E-state index contributed by atoms with van der Waals surface area (Å²) < 4.78 is 37.0. The van der Waals surface area contributed by atoms with Crippen LogP contribution in [0.2, 0.25) is 0 Å². The van der Waals surface area contributed by atoms with Gasteiger partial charge in [0.2, 0.25) is 0 Å². The van der Waals surface area contributed by atoms with E-state index in [1.165, 1.54) is 23.3 Å². The predicted molar refractivity (Wildman–Crippen MR) is 128 cm³/mol. The third-order valence-corrected chi connectivity index (χ3v) is 6.45. The fourth-order valence-electron chi connectivity index (χ4n) is 2.71. The standard InChI is InChI=1S/C23H22INO4S/c1-4-28-22-14-18(15-25-19-11-10-16(2)17(3)12-19)13-21(24)23(22)29-30(26,27)20-8-6-5-7-9-20/h5-15H,4H2,1-3H3. The minimum atomic E-state index is -3.97. The molecule has 0 aliphatic heterocycles. The van der Waals surface area contributed by atoms with Crippen LogP contribution in [-0.4, -0.2) is 21.2 Å². The van der Waals surface area contributed by atoms with E-state index < -0.39 is 10.1 Å². The Hall–Kier alpha value is -2.39. The van der Waals surface area contributed by atoms with Crippen molar-refractivity contribution in [1.29, 1.82) is 0 Å². The molecule has 0 aliphatic rings. The van der Waals surface area contributed by atoms with E-state index in [-0.39, 0.29) is 10.6 Å². The highest BCUT2D eigenvalue weighted by atomic mass is 127. The summed E-state index contributed by atoms with van der Waals surface area (Å²) >= 11 is 2.04. The zero-order valence-corrected chi connectivity index (χ0v) is 19.9. The van der Waals surface area contributed by atoms with Crippen LogP contribution in [0.4, 0.5) is 5.69 Å². The van der Waals surface area contributed by atoms with Gasteiger partial charge in [-0.1, -0.05) is 24.3 Å². The second-order valence-electron chi connectivity index (χ2n) is 6.64. The number of ether oxygens (including phenoxy) is 1. The van der Waals surface area contributed by atoms with Crippen LogP contribution in [0.3, 0.4) is 0 Å². The van der Waals surface area contributed by atoms with Gasteiger partial charge in [-0.25, -0.2) is 0 Å². The van der Waals surface area contributed by atoms with Crippen LogP contribution in [0, 0.1) is 17.4 Å². The number of nitrogens with zero attached hydrogens (tertiary/aromatic N) is 1. The molecule has 5 nitrogen and oxygen atoms in total. The molecule has 3 aromatic rings. The van der Waals surface area contributed by atoms with Crippen LogP contribution in [0.15, 0.2) is 70.6 Å². The minimum absolute atomic E-state index is 0.0867. The van der Waals surface area contributed by atoms with Crippen molar-refractivity contribution in [2.45, 2.75) is 25.7 Å². The first kappa shape index (κ1) is 22.3. The Morgan fingerprint density at radius 2 is 1.73 bits per heavy atom. The lowest BCUT2D eigenvalue weighted by atomic mass is 10.1. The summed E-state index contributed by atoms with van der Waals surface area (Å²) in [6, 6.07) is 17.6. The van der Waals surface area contributed by atoms with Crippen molar-refractivity contribution in [3.8, 4) is 11.5 Å². The molecule has 0 aromatic heterocycles. The van der Waals surface area contributed by atoms with Gasteiger partial charge in [-0.15, -0.1) is 0 Å². The van der Waals surface area contributed by atoms with Crippen molar-refractivity contribution in [2.24, 2.45) is 4.99 Å². The van der Waals surface area contributed by atoms with Gasteiger partial charge in [0.1, 0.15) is 4.90 Å². The quantitative estimate of drug-likeness (QED) is 0.217. The van der Waals surface area contributed by atoms with E-state index in [2.05, 4.69) is 11.9 Å². The molecule has 0 fully saturated rings. The fraction of sp³-hybridized carbons (Fsp3) is 0.174. The van der Waals surface area contributed by atoms with Gasteiger partial charge in [-0.05, 0) is 96.5 Å². The van der Waals surface area contributed by atoms with Gasteiger partial charge in [-0.3, -0.25) is 4.99 Å². The molecule has 0 saturated heterocycles. The summed E-state index contributed by atoms with van der Waals surface area (Å²) in [5, 5.41) is 0. The molecule has 156 valence electrons. The molecule has 0 radical (unpaired) electrons. The van der Waals surface area contributed by atoms with Gasteiger partial charge >= 0.3 is 10.1 Å². The van der Waals surface area contributed by atoms with Crippen LogP contribution in [0.5, 0.6) is 11.5 Å². The lowest BCUT2D eigenvalue weighted by Gasteiger charge is -2.14. The van der Waals surface area contributed by atoms with Crippen LogP contribution in [0.1, 0.15) is 23.6 Å². The van der Waals surface area contributed by atoms with Crippen molar-refractivity contribution in [3.63, 3.8) is 0 Å². The largest absolute Gasteiger partial charge is 0.490 e. The summed E-state index contributed by atoms with van der Waals surface area (Å²) in [5.74, 6) is 0.523. The number of halogens is 1. The van der Waals surface area contributed by atoms with Gasteiger partial charge in [0.05, 0.1) is 15.9 Å². The number of benzene rings is 3. The van der Waals surface area contributed by atoms with Crippen molar-refractivity contribution < 1.29 is 17.3 Å². The molecule has 30 heavy (non-hydrogen) atoms. The third kappa shape index (κ3) is 5.40. The van der Waals surface area contributed by atoms with E-state index in [0.29, 0.717) is 15.9 Å². The summed E-state index contributed by atoms with van der Waals surface area (Å²) in [7, 11) is -3.97. The average molecular weight is 535 g/mol. The number of hydrogen-bond acceptors (Lipinski definition) is 5. The van der Waals surface area contributed by atoms with E-state index in [4.69, 9.17) is 8.92 Å². The average Bonchev–Trinajstić information content (AvgIpc) is 2.72. The first-order chi connectivity index (χ1) is 14.3. The molecule has 0 spiro atoms. The van der Waals surface area contributed by atoms with E-state index in [0.717, 1.165) is 11.3 Å². The Morgan fingerprint density at radius 3 is 2.40 bits per heavy atom. The maximum absolute atomic E-state index is 12.7. The summed E-state index contributed by atoms with van der Waals surface area (Å²) in [4.78, 5) is 4.62. The maximum Gasteiger partial charge on any atom is 0.339 e. The third-order valence-electron chi connectivity index (χ3n) is 4.41. The van der Waals surface area contributed by atoms with Crippen LogP contribution >= 0.6 is 22.6 Å². The van der Waals surface area contributed by atoms with Crippen LogP contribution in [-0.2, 0) is 10.1 Å². The van der Waals surface area contributed by atoms with Crippen molar-refractivity contribution in [2.75, 3.05) is 6.61 Å². The second-order valence-corrected chi connectivity index (χ2v) is 9.35.